The van der Waals surface area contributed by atoms with Crippen LogP contribution in [-0.4, -0.2) is 23.1 Å². The summed E-state index contributed by atoms with van der Waals surface area (Å²) in [5.74, 6) is 0.303. The van der Waals surface area contributed by atoms with E-state index < -0.39 is 0 Å². The lowest BCUT2D eigenvalue weighted by Gasteiger charge is -2.40. The molecule has 0 unspecified atom stereocenters. The third-order valence-corrected chi connectivity index (χ3v) is 6.44. The fourth-order valence-electron chi connectivity index (χ4n) is 4.77. The standard InChI is InChI=1S/C22H22ClFN2/c1-25-11-10-22-19(13-25)18-12-15(23)4-8-21(18)26(22)20-9-7-17(20)14-2-5-16(24)6-3-14/h2-6,8,12,17,20H,7,9-11,13H2,1H3/t17-,20+/m0/s1. The van der Waals surface area contributed by atoms with Gasteiger partial charge in [0.05, 0.1) is 0 Å². The molecule has 0 bridgehead atoms. The van der Waals surface area contributed by atoms with Crippen LogP contribution in [0.5, 0.6) is 0 Å². The van der Waals surface area contributed by atoms with Gasteiger partial charge in [0.2, 0.25) is 0 Å². The van der Waals surface area contributed by atoms with Crippen molar-refractivity contribution in [2.24, 2.45) is 0 Å². The summed E-state index contributed by atoms with van der Waals surface area (Å²) in [7, 11) is 2.18. The summed E-state index contributed by atoms with van der Waals surface area (Å²) in [4.78, 5) is 2.38. The van der Waals surface area contributed by atoms with E-state index in [1.54, 1.807) is 12.1 Å². The molecule has 5 rings (SSSR count). The number of rotatable bonds is 2. The highest BCUT2D eigenvalue weighted by molar-refractivity contribution is 6.31. The molecule has 1 aromatic heterocycles. The van der Waals surface area contributed by atoms with Crippen LogP contribution in [-0.2, 0) is 13.0 Å². The molecule has 1 saturated carbocycles. The first-order chi connectivity index (χ1) is 12.6. The zero-order valence-corrected chi connectivity index (χ0v) is 15.6. The number of likely N-dealkylation sites (N-methyl/N-ethyl adjacent to an activating group) is 1. The van der Waals surface area contributed by atoms with Gasteiger partial charge in [-0.05, 0) is 61.3 Å². The van der Waals surface area contributed by atoms with Crippen LogP contribution < -0.4 is 0 Å². The Labute approximate surface area is 158 Å². The minimum Gasteiger partial charge on any atom is -0.341 e. The summed E-state index contributed by atoms with van der Waals surface area (Å²) >= 11 is 6.32. The Morgan fingerprint density at radius 2 is 1.88 bits per heavy atom. The van der Waals surface area contributed by atoms with E-state index in [2.05, 4.69) is 28.6 Å². The first-order valence-corrected chi connectivity index (χ1v) is 9.75. The summed E-state index contributed by atoms with van der Waals surface area (Å²) in [6.07, 6.45) is 3.42. The molecule has 2 heterocycles. The van der Waals surface area contributed by atoms with Crippen molar-refractivity contribution in [3.63, 3.8) is 0 Å². The van der Waals surface area contributed by atoms with Crippen molar-refractivity contribution in [1.29, 1.82) is 0 Å². The Kier molecular flexibility index (Phi) is 3.84. The number of fused-ring (bicyclic) bond motifs is 3. The van der Waals surface area contributed by atoms with Gasteiger partial charge < -0.3 is 9.47 Å². The minimum atomic E-state index is -0.161. The molecular formula is C22H22ClFN2. The number of hydrogen-bond acceptors (Lipinski definition) is 1. The summed E-state index contributed by atoms with van der Waals surface area (Å²) in [5, 5.41) is 2.10. The molecule has 0 radical (unpaired) electrons. The zero-order chi connectivity index (χ0) is 17.8. The highest BCUT2D eigenvalue weighted by Gasteiger charge is 2.37. The Morgan fingerprint density at radius 1 is 1.08 bits per heavy atom. The Balaban J connectivity index is 1.64. The largest absolute Gasteiger partial charge is 0.341 e. The predicted octanol–water partition coefficient (Wildman–Crippen LogP) is 5.54. The zero-order valence-electron chi connectivity index (χ0n) is 14.9. The number of halogens is 2. The van der Waals surface area contributed by atoms with Crippen LogP contribution in [0.3, 0.4) is 0 Å². The molecule has 26 heavy (non-hydrogen) atoms. The SMILES string of the molecule is CN1CCc2c(c3cc(Cl)ccc3n2[C@@H]2CC[C@H]2c2ccc(F)cc2)C1. The van der Waals surface area contributed by atoms with Gasteiger partial charge in [-0.15, -0.1) is 0 Å². The maximum Gasteiger partial charge on any atom is 0.123 e. The van der Waals surface area contributed by atoms with Gasteiger partial charge >= 0.3 is 0 Å². The van der Waals surface area contributed by atoms with Crippen molar-refractivity contribution in [3.8, 4) is 0 Å². The predicted molar refractivity (Wildman–Crippen MR) is 104 cm³/mol. The fraction of sp³-hybridized carbons (Fsp3) is 0.364. The maximum absolute atomic E-state index is 13.3. The summed E-state index contributed by atoms with van der Waals surface area (Å²) < 4.78 is 15.9. The van der Waals surface area contributed by atoms with Crippen molar-refractivity contribution in [3.05, 3.63) is 70.1 Å². The molecule has 1 aliphatic heterocycles. The van der Waals surface area contributed by atoms with Crippen LogP contribution in [0.25, 0.3) is 10.9 Å². The molecule has 2 atom stereocenters. The normalized spacial score (nSPS) is 23.0. The number of aromatic nitrogens is 1. The summed E-state index contributed by atoms with van der Waals surface area (Å²) in [6, 6.07) is 13.8. The number of hydrogen-bond donors (Lipinski definition) is 0. The maximum atomic E-state index is 13.3. The second-order valence-corrected chi connectivity index (χ2v) is 8.18. The molecule has 134 valence electrons. The Morgan fingerprint density at radius 3 is 2.62 bits per heavy atom. The molecular weight excluding hydrogens is 347 g/mol. The quantitative estimate of drug-likeness (QED) is 0.576. The van der Waals surface area contributed by atoms with Crippen LogP contribution in [0, 0.1) is 5.82 Å². The molecule has 2 aromatic carbocycles. The first-order valence-electron chi connectivity index (χ1n) is 9.37. The average molecular weight is 369 g/mol. The van der Waals surface area contributed by atoms with Gasteiger partial charge in [-0.1, -0.05) is 23.7 Å². The summed E-state index contributed by atoms with van der Waals surface area (Å²) in [5.41, 5.74) is 5.45. The molecule has 1 fully saturated rings. The van der Waals surface area contributed by atoms with Gasteiger partial charge in [-0.3, -0.25) is 0 Å². The molecule has 0 spiro atoms. The first kappa shape index (κ1) is 16.3. The third kappa shape index (κ3) is 2.49. The van der Waals surface area contributed by atoms with Crippen LogP contribution in [0.4, 0.5) is 4.39 Å². The topological polar surface area (TPSA) is 8.17 Å². The average Bonchev–Trinajstić information content (AvgIpc) is 2.89. The van der Waals surface area contributed by atoms with E-state index >= 15 is 0 Å². The van der Waals surface area contributed by atoms with Crippen LogP contribution in [0.1, 0.15) is 41.6 Å². The van der Waals surface area contributed by atoms with Crippen molar-refractivity contribution in [2.75, 3.05) is 13.6 Å². The Bertz CT molecular complexity index is 976. The van der Waals surface area contributed by atoms with E-state index in [1.807, 2.05) is 18.2 Å². The van der Waals surface area contributed by atoms with Gasteiger partial charge in [0.1, 0.15) is 5.82 Å². The molecule has 0 saturated heterocycles. The number of benzene rings is 2. The van der Waals surface area contributed by atoms with E-state index in [0.717, 1.165) is 31.0 Å². The molecule has 3 aromatic rings. The third-order valence-electron chi connectivity index (χ3n) is 6.21. The van der Waals surface area contributed by atoms with Gasteiger partial charge in [0.15, 0.2) is 0 Å². The minimum absolute atomic E-state index is 0.161. The van der Waals surface area contributed by atoms with E-state index in [-0.39, 0.29) is 5.82 Å². The molecule has 4 heteroatoms. The van der Waals surface area contributed by atoms with E-state index in [1.165, 1.54) is 34.1 Å². The van der Waals surface area contributed by atoms with Crippen molar-refractivity contribution in [2.45, 2.75) is 37.8 Å². The van der Waals surface area contributed by atoms with Gasteiger partial charge in [0.25, 0.3) is 0 Å². The van der Waals surface area contributed by atoms with E-state index in [4.69, 9.17) is 11.6 Å². The molecule has 0 amide bonds. The lowest BCUT2D eigenvalue weighted by Crippen LogP contribution is -2.32. The molecule has 1 aliphatic carbocycles. The van der Waals surface area contributed by atoms with E-state index in [9.17, 15) is 4.39 Å². The Hall–Kier alpha value is -1.84. The lowest BCUT2D eigenvalue weighted by molar-refractivity contribution is 0.247. The van der Waals surface area contributed by atoms with Crippen molar-refractivity contribution >= 4 is 22.5 Å². The van der Waals surface area contributed by atoms with Crippen LogP contribution in [0.2, 0.25) is 5.02 Å². The summed E-state index contributed by atoms with van der Waals surface area (Å²) in [6.45, 7) is 2.07. The highest BCUT2D eigenvalue weighted by atomic mass is 35.5. The lowest BCUT2D eigenvalue weighted by atomic mass is 9.74. The van der Waals surface area contributed by atoms with Crippen LogP contribution >= 0.6 is 11.6 Å². The molecule has 0 N–H and O–H groups in total. The monoisotopic (exact) mass is 368 g/mol. The smallest absolute Gasteiger partial charge is 0.123 e. The van der Waals surface area contributed by atoms with Crippen molar-refractivity contribution in [1.82, 2.24) is 9.47 Å². The second-order valence-electron chi connectivity index (χ2n) is 7.75. The molecule has 2 aliphatic rings. The fourth-order valence-corrected chi connectivity index (χ4v) is 4.94. The van der Waals surface area contributed by atoms with Gasteiger partial charge in [-0.2, -0.15) is 0 Å². The second kappa shape index (κ2) is 6.11. The highest BCUT2D eigenvalue weighted by Crippen LogP contribution is 2.49. The van der Waals surface area contributed by atoms with Crippen molar-refractivity contribution < 1.29 is 4.39 Å². The van der Waals surface area contributed by atoms with Gasteiger partial charge in [0, 0.05) is 53.1 Å². The number of nitrogens with zero attached hydrogens (tertiary/aromatic N) is 2. The van der Waals surface area contributed by atoms with Crippen LogP contribution in [0.15, 0.2) is 42.5 Å². The molecule has 2 nitrogen and oxygen atoms in total. The van der Waals surface area contributed by atoms with E-state index in [0.29, 0.717) is 12.0 Å². The van der Waals surface area contributed by atoms with Gasteiger partial charge in [-0.25, -0.2) is 4.39 Å².